The van der Waals surface area contributed by atoms with E-state index in [2.05, 4.69) is 20.5 Å². The van der Waals surface area contributed by atoms with E-state index >= 15 is 0 Å². The highest BCUT2D eigenvalue weighted by Gasteiger charge is 2.15. The van der Waals surface area contributed by atoms with Crippen LogP contribution in [0.3, 0.4) is 0 Å². The molecule has 0 aliphatic carbocycles. The van der Waals surface area contributed by atoms with Crippen LogP contribution in [0.2, 0.25) is 0 Å². The van der Waals surface area contributed by atoms with Gasteiger partial charge in [0.25, 0.3) is 5.56 Å². The third-order valence-corrected chi connectivity index (χ3v) is 5.92. The monoisotopic (exact) mass is 367 g/mol. The zero-order valence-electron chi connectivity index (χ0n) is 14.6. The van der Waals surface area contributed by atoms with E-state index in [-0.39, 0.29) is 5.56 Å². The van der Waals surface area contributed by atoms with Gasteiger partial charge in [0.2, 0.25) is 0 Å². The number of hydrogen-bond acceptors (Lipinski definition) is 5. The summed E-state index contributed by atoms with van der Waals surface area (Å²) in [5.41, 5.74) is 2.21. The number of aromatic nitrogens is 3. The lowest BCUT2D eigenvalue weighted by atomic mass is 10.1. The SMILES string of the molecule is CN=[S@@](C)(=O)c1ccc(-n2[nH]c(C)c(-c3ccc(C#N)cc3)c2=O)nc1. The number of nitriles is 1. The molecule has 0 bridgehead atoms. The summed E-state index contributed by atoms with van der Waals surface area (Å²) in [5, 5.41) is 11.9. The van der Waals surface area contributed by atoms with Crippen molar-refractivity contribution in [1.29, 1.82) is 5.26 Å². The predicted octanol–water partition coefficient (Wildman–Crippen LogP) is 2.49. The maximum atomic E-state index is 12.8. The summed E-state index contributed by atoms with van der Waals surface area (Å²) < 4.78 is 17.5. The van der Waals surface area contributed by atoms with Gasteiger partial charge in [-0.3, -0.25) is 9.89 Å². The van der Waals surface area contributed by atoms with Gasteiger partial charge in [-0.25, -0.2) is 18.2 Å². The summed E-state index contributed by atoms with van der Waals surface area (Å²) in [6.07, 6.45) is 3.01. The fourth-order valence-electron chi connectivity index (χ4n) is 2.59. The van der Waals surface area contributed by atoms with Gasteiger partial charge in [-0.2, -0.15) is 5.26 Å². The molecular weight excluding hydrogens is 350 g/mol. The van der Waals surface area contributed by atoms with E-state index in [9.17, 15) is 9.00 Å². The van der Waals surface area contributed by atoms with Crippen LogP contribution in [0.1, 0.15) is 11.3 Å². The Morgan fingerprint density at radius 2 is 1.92 bits per heavy atom. The van der Waals surface area contributed by atoms with Gasteiger partial charge < -0.3 is 0 Å². The first kappa shape index (κ1) is 17.6. The second kappa shape index (κ2) is 6.61. The fourth-order valence-corrected chi connectivity index (χ4v) is 3.37. The van der Waals surface area contributed by atoms with Crippen molar-refractivity contribution in [3.05, 3.63) is 64.2 Å². The maximum Gasteiger partial charge on any atom is 0.280 e. The normalized spacial score (nSPS) is 13.0. The number of hydrogen-bond donors (Lipinski definition) is 1. The van der Waals surface area contributed by atoms with Crippen LogP contribution >= 0.6 is 0 Å². The van der Waals surface area contributed by atoms with Crippen LogP contribution in [0, 0.1) is 18.3 Å². The average Bonchev–Trinajstić information content (AvgIpc) is 2.96. The van der Waals surface area contributed by atoms with E-state index in [1.165, 1.54) is 24.2 Å². The Bertz CT molecular complexity index is 1170. The minimum absolute atomic E-state index is 0.245. The molecule has 1 aromatic carbocycles. The first-order valence-electron chi connectivity index (χ1n) is 7.76. The minimum Gasteiger partial charge on any atom is -0.293 e. The first-order chi connectivity index (χ1) is 12.4. The van der Waals surface area contributed by atoms with Crippen molar-refractivity contribution >= 4 is 9.73 Å². The molecule has 2 heterocycles. The number of aryl methyl sites for hydroxylation is 1. The molecule has 3 rings (SSSR count). The van der Waals surface area contributed by atoms with Gasteiger partial charge in [0, 0.05) is 25.2 Å². The number of pyridine rings is 1. The lowest BCUT2D eigenvalue weighted by molar-refractivity contribution is 0.679. The average molecular weight is 367 g/mol. The molecule has 0 aliphatic heterocycles. The number of H-pyrrole nitrogens is 1. The Balaban J connectivity index is 2.07. The Kier molecular flexibility index (Phi) is 4.49. The van der Waals surface area contributed by atoms with E-state index in [1.807, 2.05) is 0 Å². The van der Waals surface area contributed by atoms with E-state index in [0.29, 0.717) is 27.5 Å². The molecule has 2 aromatic heterocycles. The zero-order valence-corrected chi connectivity index (χ0v) is 15.4. The molecule has 7 nitrogen and oxygen atoms in total. The highest BCUT2D eigenvalue weighted by atomic mass is 32.2. The lowest BCUT2D eigenvalue weighted by Crippen LogP contribution is -2.17. The van der Waals surface area contributed by atoms with E-state index in [4.69, 9.17) is 5.26 Å². The molecule has 0 aliphatic rings. The number of benzene rings is 1. The van der Waals surface area contributed by atoms with E-state index in [0.717, 1.165) is 5.56 Å². The molecule has 0 spiro atoms. The quantitative estimate of drug-likeness (QED) is 0.768. The van der Waals surface area contributed by atoms with Gasteiger partial charge in [-0.15, -0.1) is 0 Å². The summed E-state index contributed by atoms with van der Waals surface area (Å²) in [6, 6.07) is 12.2. The van der Waals surface area contributed by atoms with Gasteiger partial charge in [0.1, 0.15) is 0 Å². The summed E-state index contributed by atoms with van der Waals surface area (Å²) in [7, 11) is -0.972. The van der Waals surface area contributed by atoms with Gasteiger partial charge in [-0.05, 0) is 36.8 Å². The van der Waals surface area contributed by atoms with Crippen LogP contribution < -0.4 is 5.56 Å². The zero-order chi connectivity index (χ0) is 18.9. The molecule has 0 saturated heterocycles. The van der Waals surface area contributed by atoms with Crippen molar-refractivity contribution in [2.75, 3.05) is 13.3 Å². The summed E-state index contributed by atoms with van der Waals surface area (Å²) in [5.74, 6) is 0.396. The number of nitrogens with one attached hydrogen (secondary N) is 1. The van der Waals surface area contributed by atoms with Crippen LogP contribution in [0.15, 0.2) is 56.6 Å². The highest BCUT2D eigenvalue weighted by molar-refractivity contribution is 7.93. The van der Waals surface area contributed by atoms with Gasteiger partial charge in [0.05, 0.1) is 31.8 Å². The van der Waals surface area contributed by atoms with Crippen molar-refractivity contribution < 1.29 is 4.21 Å². The van der Waals surface area contributed by atoms with Gasteiger partial charge in [0.15, 0.2) is 5.82 Å². The molecule has 3 aromatic rings. The van der Waals surface area contributed by atoms with Crippen LogP contribution in [0.25, 0.3) is 16.9 Å². The van der Waals surface area contributed by atoms with Crippen molar-refractivity contribution in [1.82, 2.24) is 14.8 Å². The van der Waals surface area contributed by atoms with Crippen LogP contribution in [-0.4, -0.2) is 32.3 Å². The minimum atomic E-state index is -2.47. The summed E-state index contributed by atoms with van der Waals surface area (Å²) in [4.78, 5) is 17.6. The van der Waals surface area contributed by atoms with E-state index in [1.54, 1.807) is 43.3 Å². The first-order valence-corrected chi connectivity index (χ1v) is 9.68. The van der Waals surface area contributed by atoms with E-state index < -0.39 is 9.73 Å². The highest BCUT2D eigenvalue weighted by Crippen LogP contribution is 2.20. The predicted molar refractivity (Wildman–Crippen MR) is 99.8 cm³/mol. The molecular formula is C18H17N5O2S. The fraction of sp³-hybridized carbons (Fsp3) is 0.167. The molecule has 0 amide bonds. The maximum absolute atomic E-state index is 12.8. The Labute approximate surface area is 151 Å². The molecule has 132 valence electrons. The van der Waals surface area contributed by atoms with Crippen molar-refractivity contribution in [3.8, 4) is 23.0 Å². The molecule has 0 unspecified atom stereocenters. The number of nitrogens with zero attached hydrogens (tertiary/aromatic N) is 4. The molecule has 1 N–H and O–H groups in total. The largest absolute Gasteiger partial charge is 0.293 e. The summed E-state index contributed by atoms with van der Waals surface area (Å²) >= 11 is 0. The molecule has 0 fully saturated rings. The van der Waals surface area contributed by atoms with Crippen LogP contribution in [-0.2, 0) is 9.73 Å². The second-order valence-corrected chi connectivity index (χ2v) is 8.22. The third-order valence-electron chi connectivity index (χ3n) is 4.11. The molecule has 8 heteroatoms. The smallest absolute Gasteiger partial charge is 0.280 e. The van der Waals surface area contributed by atoms with Crippen LogP contribution in [0.5, 0.6) is 0 Å². The Morgan fingerprint density at radius 3 is 2.46 bits per heavy atom. The Hall–Kier alpha value is -3.18. The number of aromatic amines is 1. The molecule has 1 atom stereocenters. The second-order valence-electron chi connectivity index (χ2n) is 5.78. The van der Waals surface area contributed by atoms with Gasteiger partial charge in [-0.1, -0.05) is 12.1 Å². The van der Waals surface area contributed by atoms with Crippen molar-refractivity contribution in [2.24, 2.45) is 4.36 Å². The number of rotatable bonds is 3. The summed E-state index contributed by atoms with van der Waals surface area (Å²) in [6.45, 7) is 1.80. The lowest BCUT2D eigenvalue weighted by Gasteiger charge is -2.04. The Morgan fingerprint density at radius 1 is 1.23 bits per heavy atom. The van der Waals surface area contributed by atoms with Crippen molar-refractivity contribution in [3.63, 3.8) is 0 Å². The standard InChI is InChI=1S/C18H17N5O2S/c1-12-17(14-6-4-13(10-19)5-7-14)18(24)23(22-12)16-9-8-15(11-21-16)26(3,25)20-2/h4-9,11,22H,1-3H3/t26-/m0/s1. The van der Waals surface area contributed by atoms with Gasteiger partial charge >= 0.3 is 0 Å². The van der Waals surface area contributed by atoms with Crippen molar-refractivity contribution in [2.45, 2.75) is 11.8 Å². The molecule has 26 heavy (non-hydrogen) atoms. The molecule has 0 radical (unpaired) electrons. The molecule has 0 saturated carbocycles. The topological polar surface area (TPSA) is 104 Å². The van der Waals surface area contributed by atoms with Crippen LogP contribution in [0.4, 0.5) is 0 Å². The third kappa shape index (κ3) is 3.05.